The number of rotatable bonds is 7. The van der Waals surface area contributed by atoms with Gasteiger partial charge >= 0.3 is 12.0 Å². The summed E-state index contributed by atoms with van der Waals surface area (Å²) in [5, 5.41) is 14.2. The topological polar surface area (TPSA) is 119 Å². The maximum atomic E-state index is 13.1. The fraction of sp³-hybridized carbons (Fsp3) is 0.789. The molecule has 3 amide bonds. The van der Waals surface area contributed by atoms with Crippen molar-refractivity contribution in [2.24, 2.45) is 11.3 Å². The maximum absolute atomic E-state index is 13.1. The molecule has 1 saturated carbocycles. The number of hydrogen-bond acceptors (Lipinski definition) is 7. The van der Waals surface area contributed by atoms with Crippen LogP contribution in [0.5, 0.6) is 0 Å². The molecule has 2 fully saturated rings. The Morgan fingerprint density at radius 2 is 2.07 bits per heavy atom. The number of imide groups is 1. The first-order valence-electron chi connectivity index (χ1n) is 10.2. The molecule has 1 aliphatic heterocycles. The zero-order valence-corrected chi connectivity index (χ0v) is 17.6. The number of urea groups is 1. The van der Waals surface area contributed by atoms with Crippen molar-refractivity contribution in [1.82, 2.24) is 30.4 Å². The third kappa shape index (κ3) is 4.56. The minimum absolute atomic E-state index is 0.0628. The van der Waals surface area contributed by atoms with E-state index in [0.29, 0.717) is 31.1 Å². The molecule has 2 unspecified atom stereocenters. The minimum atomic E-state index is -0.928. The summed E-state index contributed by atoms with van der Waals surface area (Å²) < 4.78 is 6.82. The standard InChI is InChI=1S/C19H30N6O4/c1-5-6-7-25-14(21-22-23-25)11-29-15(26)10-24-16(27)19(20-17(24)28)9-13(2)8-18(3,4)12-19/h13H,5-12H2,1-4H3,(H,20,28). The van der Waals surface area contributed by atoms with Crippen LogP contribution >= 0.6 is 0 Å². The fourth-order valence-corrected chi connectivity index (χ4v) is 4.78. The van der Waals surface area contributed by atoms with Crippen molar-refractivity contribution in [3.8, 4) is 0 Å². The third-order valence-corrected chi connectivity index (χ3v) is 5.60. The molecule has 3 rings (SSSR count). The number of aromatic nitrogens is 4. The van der Waals surface area contributed by atoms with Crippen LogP contribution in [0.3, 0.4) is 0 Å². The van der Waals surface area contributed by atoms with Crippen molar-refractivity contribution in [2.45, 2.75) is 78.5 Å². The van der Waals surface area contributed by atoms with E-state index in [9.17, 15) is 14.4 Å². The molecule has 2 aliphatic rings. The van der Waals surface area contributed by atoms with Crippen LogP contribution in [0.15, 0.2) is 0 Å². The number of hydrogen-bond donors (Lipinski definition) is 1. The molecule has 1 saturated heterocycles. The average Bonchev–Trinajstić information content (AvgIpc) is 3.14. The van der Waals surface area contributed by atoms with E-state index < -0.39 is 24.1 Å². The average molecular weight is 406 g/mol. The van der Waals surface area contributed by atoms with Crippen LogP contribution in [0, 0.1) is 11.3 Å². The fourth-order valence-electron chi connectivity index (χ4n) is 4.78. The smallest absolute Gasteiger partial charge is 0.326 e. The van der Waals surface area contributed by atoms with E-state index in [2.05, 4.69) is 48.5 Å². The van der Waals surface area contributed by atoms with Gasteiger partial charge in [0.2, 0.25) is 0 Å². The largest absolute Gasteiger partial charge is 0.456 e. The second-order valence-electron chi connectivity index (χ2n) is 9.09. The van der Waals surface area contributed by atoms with E-state index in [-0.39, 0.29) is 17.9 Å². The van der Waals surface area contributed by atoms with Gasteiger partial charge < -0.3 is 10.1 Å². The van der Waals surface area contributed by atoms with E-state index in [1.165, 1.54) is 0 Å². The van der Waals surface area contributed by atoms with Gasteiger partial charge in [0, 0.05) is 6.54 Å². The molecule has 160 valence electrons. The molecular weight excluding hydrogens is 376 g/mol. The lowest BCUT2D eigenvalue weighted by atomic mass is 9.64. The van der Waals surface area contributed by atoms with Crippen LogP contribution in [0.4, 0.5) is 4.79 Å². The number of tetrazole rings is 1. The highest BCUT2D eigenvalue weighted by Gasteiger charge is 2.56. The van der Waals surface area contributed by atoms with Gasteiger partial charge in [-0.2, -0.15) is 0 Å². The summed E-state index contributed by atoms with van der Waals surface area (Å²) in [7, 11) is 0. The normalized spacial score (nSPS) is 26.1. The molecule has 1 N–H and O–H groups in total. The highest BCUT2D eigenvalue weighted by Crippen LogP contribution is 2.46. The van der Waals surface area contributed by atoms with Gasteiger partial charge in [-0.3, -0.25) is 14.5 Å². The third-order valence-electron chi connectivity index (χ3n) is 5.60. The number of carbonyl (C=O) groups excluding carboxylic acids is 3. The number of nitrogens with zero attached hydrogens (tertiary/aromatic N) is 5. The van der Waals surface area contributed by atoms with Gasteiger partial charge in [-0.05, 0) is 47.4 Å². The van der Waals surface area contributed by atoms with E-state index in [1.54, 1.807) is 4.68 Å². The van der Waals surface area contributed by atoms with Crippen LogP contribution in [0.25, 0.3) is 0 Å². The van der Waals surface area contributed by atoms with Crippen molar-refractivity contribution in [1.29, 1.82) is 0 Å². The Balaban J connectivity index is 1.60. The summed E-state index contributed by atoms with van der Waals surface area (Å²) in [5.41, 5.74) is -0.991. The first-order chi connectivity index (χ1) is 13.7. The number of carbonyl (C=O) groups is 3. The molecule has 2 atom stereocenters. The lowest BCUT2D eigenvalue weighted by Crippen LogP contribution is -2.54. The van der Waals surface area contributed by atoms with Gasteiger partial charge in [0.05, 0.1) is 0 Å². The molecule has 1 aliphatic carbocycles. The van der Waals surface area contributed by atoms with Crippen LogP contribution in [0.2, 0.25) is 0 Å². The lowest BCUT2D eigenvalue weighted by Gasteiger charge is -2.43. The van der Waals surface area contributed by atoms with Gasteiger partial charge in [0.25, 0.3) is 5.91 Å². The number of aryl methyl sites for hydroxylation is 1. The van der Waals surface area contributed by atoms with Gasteiger partial charge in [-0.15, -0.1) is 5.10 Å². The molecule has 0 radical (unpaired) electrons. The molecule has 0 aromatic carbocycles. The van der Waals surface area contributed by atoms with Crippen LogP contribution in [0.1, 0.15) is 65.6 Å². The molecule has 1 spiro atoms. The van der Waals surface area contributed by atoms with E-state index >= 15 is 0 Å². The second-order valence-corrected chi connectivity index (χ2v) is 9.09. The number of esters is 1. The number of unbranched alkanes of at least 4 members (excludes halogenated alkanes) is 1. The zero-order valence-electron chi connectivity index (χ0n) is 17.6. The SMILES string of the molecule is CCCCn1nnnc1COC(=O)CN1C(=O)NC2(CC(C)CC(C)(C)C2)C1=O. The second kappa shape index (κ2) is 8.08. The minimum Gasteiger partial charge on any atom is -0.456 e. The van der Waals surface area contributed by atoms with Crippen molar-refractivity contribution >= 4 is 17.9 Å². The Kier molecular flexibility index (Phi) is 5.90. The van der Waals surface area contributed by atoms with Crippen molar-refractivity contribution < 1.29 is 19.1 Å². The molecule has 0 bridgehead atoms. The Morgan fingerprint density at radius 3 is 2.76 bits per heavy atom. The summed E-state index contributed by atoms with van der Waals surface area (Å²) in [6.07, 6.45) is 4.03. The molecule has 1 aromatic rings. The Hall–Kier alpha value is -2.52. The highest BCUT2D eigenvalue weighted by molar-refractivity contribution is 6.08. The lowest BCUT2D eigenvalue weighted by molar-refractivity contribution is -0.149. The van der Waals surface area contributed by atoms with E-state index in [0.717, 1.165) is 24.2 Å². The molecule has 10 nitrogen and oxygen atoms in total. The van der Waals surface area contributed by atoms with Gasteiger partial charge in [0.1, 0.15) is 12.1 Å². The van der Waals surface area contributed by atoms with Gasteiger partial charge in [-0.25, -0.2) is 9.48 Å². The van der Waals surface area contributed by atoms with Gasteiger partial charge in [0.15, 0.2) is 12.4 Å². The zero-order chi connectivity index (χ0) is 21.2. The summed E-state index contributed by atoms with van der Waals surface area (Å²) in [6.45, 7) is 8.46. The predicted octanol–water partition coefficient (Wildman–Crippen LogP) is 1.65. The molecule has 10 heteroatoms. The quantitative estimate of drug-likeness (QED) is 0.540. The van der Waals surface area contributed by atoms with Crippen LogP contribution in [-0.4, -0.2) is 55.1 Å². The number of nitrogens with one attached hydrogen (secondary N) is 1. The Labute approximate surface area is 170 Å². The Morgan fingerprint density at radius 1 is 1.31 bits per heavy atom. The van der Waals surface area contributed by atoms with Crippen molar-refractivity contribution in [2.75, 3.05) is 6.54 Å². The monoisotopic (exact) mass is 406 g/mol. The van der Waals surface area contributed by atoms with Crippen molar-refractivity contribution in [3.63, 3.8) is 0 Å². The van der Waals surface area contributed by atoms with E-state index in [1.807, 2.05) is 0 Å². The maximum Gasteiger partial charge on any atom is 0.326 e. The van der Waals surface area contributed by atoms with Crippen LogP contribution in [-0.2, 0) is 27.5 Å². The highest BCUT2D eigenvalue weighted by atomic mass is 16.5. The Bertz CT molecular complexity index is 791. The first kappa shape index (κ1) is 21.2. The molecule has 2 heterocycles. The van der Waals surface area contributed by atoms with Crippen LogP contribution < -0.4 is 5.32 Å². The summed E-state index contributed by atoms with van der Waals surface area (Å²) >= 11 is 0. The van der Waals surface area contributed by atoms with Gasteiger partial charge in [-0.1, -0.05) is 34.1 Å². The summed E-state index contributed by atoms with van der Waals surface area (Å²) in [6, 6.07) is -0.537. The van der Waals surface area contributed by atoms with Crippen molar-refractivity contribution in [3.05, 3.63) is 5.82 Å². The molecule has 1 aromatic heterocycles. The number of amides is 3. The molecule has 29 heavy (non-hydrogen) atoms. The molecular formula is C19H30N6O4. The number of ether oxygens (including phenoxy) is 1. The predicted molar refractivity (Wildman–Crippen MR) is 102 cm³/mol. The summed E-state index contributed by atoms with van der Waals surface area (Å²) in [4.78, 5) is 38.8. The summed E-state index contributed by atoms with van der Waals surface area (Å²) in [5.74, 6) is -0.272. The first-order valence-corrected chi connectivity index (χ1v) is 10.2. The van der Waals surface area contributed by atoms with E-state index in [4.69, 9.17) is 4.74 Å².